The van der Waals surface area contributed by atoms with Crippen LogP contribution in [0, 0.1) is 0 Å². The van der Waals surface area contributed by atoms with E-state index in [1.807, 2.05) is 35.7 Å². The molecular formula is C18H15N3O3S2. The van der Waals surface area contributed by atoms with Gasteiger partial charge in [0.2, 0.25) is 0 Å². The predicted octanol–water partition coefficient (Wildman–Crippen LogP) is 4.47. The van der Waals surface area contributed by atoms with E-state index in [9.17, 15) is 4.79 Å². The van der Waals surface area contributed by atoms with Crippen molar-refractivity contribution < 1.29 is 13.9 Å². The van der Waals surface area contributed by atoms with Crippen LogP contribution >= 0.6 is 22.7 Å². The smallest absolute Gasteiger partial charge is 0.306 e. The maximum atomic E-state index is 11.9. The lowest BCUT2D eigenvalue weighted by molar-refractivity contribution is -0.145. The van der Waals surface area contributed by atoms with Gasteiger partial charge in [-0.3, -0.25) is 4.79 Å². The van der Waals surface area contributed by atoms with Crippen molar-refractivity contribution in [3.8, 4) is 10.8 Å². The van der Waals surface area contributed by atoms with Crippen molar-refractivity contribution in [2.24, 2.45) is 0 Å². The highest BCUT2D eigenvalue weighted by Crippen LogP contribution is 2.24. The summed E-state index contributed by atoms with van der Waals surface area (Å²) in [5.74, 6) is 0.469. The topological polar surface area (TPSA) is 78.1 Å². The van der Waals surface area contributed by atoms with E-state index in [1.165, 1.54) is 16.0 Å². The molecule has 26 heavy (non-hydrogen) atoms. The van der Waals surface area contributed by atoms with E-state index in [-0.39, 0.29) is 12.6 Å². The number of nitrogens with zero attached hydrogens (tertiary/aromatic N) is 3. The first-order valence-electron chi connectivity index (χ1n) is 8.14. The Bertz CT molecular complexity index is 975. The third-order valence-electron chi connectivity index (χ3n) is 3.67. The van der Waals surface area contributed by atoms with Crippen molar-refractivity contribution in [2.75, 3.05) is 0 Å². The fourth-order valence-corrected chi connectivity index (χ4v) is 4.09. The number of aryl methyl sites for hydroxylation is 1. The second-order valence-corrected chi connectivity index (χ2v) is 7.63. The molecule has 8 heteroatoms. The van der Waals surface area contributed by atoms with Crippen LogP contribution in [0.3, 0.4) is 0 Å². The van der Waals surface area contributed by atoms with Crippen LogP contribution in [-0.2, 0) is 22.6 Å². The molecule has 0 aliphatic carbocycles. The number of hydrogen-bond donors (Lipinski definition) is 0. The summed E-state index contributed by atoms with van der Waals surface area (Å²) in [6.45, 7) is -0.00164. The van der Waals surface area contributed by atoms with Crippen LogP contribution in [0.25, 0.3) is 21.0 Å². The number of carbonyl (C=O) groups excluding carboxylic acids is 1. The lowest BCUT2D eigenvalue weighted by Gasteiger charge is -2.01. The summed E-state index contributed by atoms with van der Waals surface area (Å²) in [6.07, 6.45) is 1.79. The summed E-state index contributed by atoms with van der Waals surface area (Å²) in [5.41, 5.74) is 1.01. The molecule has 3 heterocycles. The average Bonchev–Trinajstić information content (AvgIpc) is 3.38. The van der Waals surface area contributed by atoms with Gasteiger partial charge in [0, 0.05) is 6.42 Å². The normalized spacial score (nSPS) is 11.1. The van der Waals surface area contributed by atoms with Crippen molar-refractivity contribution in [1.82, 2.24) is 15.2 Å². The molecule has 0 amide bonds. The average molecular weight is 385 g/mol. The zero-order valence-corrected chi connectivity index (χ0v) is 15.4. The van der Waals surface area contributed by atoms with Gasteiger partial charge < -0.3 is 9.15 Å². The summed E-state index contributed by atoms with van der Waals surface area (Å²) < 4.78 is 11.9. The quantitative estimate of drug-likeness (QED) is 0.437. The highest BCUT2D eigenvalue weighted by molar-refractivity contribution is 7.18. The number of fused-ring (bicyclic) bond motifs is 1. The van der Waals surface area contributed by atoms with E-state index >= 15 is 0 Å². The monoisotopic (exact) mass is 385 g/mol. The van der Waals surface area contributed by atoms with Crippen molar-refractivity contribution in [1.29, 1.82) is 0 Å². The summed E-state index contributed by atoms with van der Waals surface area (Å²) in [7, 11) is 0. The molecule has 132 valence electrons. The number of carbonyl (C=O) groups is 1. The number of hydrogen-bond acceptors (Lipinski definition) is 8. The van der Waals surface area contributed by atoms with E-state index in [0.29, 0.717) is 24.6 Å². The summed E-state index contributed by atoms with van der Waals surface area (Å²) >= 11 is 3.18. The van der Waals surface area contributed by atoms with E-state index < -0.39 is 0 Å². The molecular weight excluding hydrogens is 370 g/mol. The van der Waals surface area contributed by atoms with Gasteiger partial charge in [0.15, 0.2) is 6.61 Å². The fourth-order valence-electron chi connectivity index (χ4n) is 2.44. The molecule has 0 atom stereocenters. The van der Waals surface area contributed by atoms with Gasteiger partial charge in [-0.1, -0.05) is 18.2 Å². The number of para-hydroxylation sites is 1. The lowest BCUT2D eigenvalue weighted by atomic mass is 10.2. The predicted molar refractivity (Wildman–Crippen MR) is 100.0 cm³/mol. The van der Waals surface area contributed by atoms with Gasteiger partial charge >= 0.3 is 5.97 Å². The van der Waals surface area contributed by atoms with Gasteiger partial charge in [0.1, 0.15) is 0 Å². The molecule has 0 spiro atoms. The molecule has 0 aliphatic heterocycles. The number of benzene rings is 1. The van der Waals surface area contributed by atoms with Crippen molar-refractivity contribution in [3.05, 3.63) is 52.7 Å². The maximum Gasteiger partial charge on any atom is 0.306 e. The molecule has 0 fully saturated rings. The van der Waals surface area contributed by atoms with Crippen LogP contribution in [0.15, 0.2) is 46.2 Å². The minimum atomic E-state index is -0.276. The highest BCUT2D eigenvalue weighted by Gasteiger charge is 2.12. The Morgan fingerprint density at radius 2 is 2.08 bits per heavy atom. The largest absolute Gasteiger partial charge is 0.456 e. The molecule has 3 aromatic heterocycles. The third-order valence-corrected chi connectivity index (χ3v) is 5.62. The molecule has 0 radical (unpaired) electrons. The van der Waals surface area contributed by atoms with Crippen LogP contribution in [0.1, 0.15) is 23.7 Å². The molecule has 4 aromatic rings. The lowest BCUT2D eigenvalue weighted by Crippen LogP contribution is -2.05. The Kier molecular flexibility index (Phi) is 5.03. The Hall–Kier alpha value is -2.58. The van der Waals surface area contributed by atoms with Crippen molar-refractivity contribution in [3.63, 3.8) is 0 Å². The summed E-state index contributed by atoms with van der Waals surface area (Å²) in [5, 5.41) is 10.8. The first-order chi connectivity index (χ1) is 12.8. The molecule has 1 aromatic carbocycles. The van der Waals surface area contributed by atoms with Crippen LogP contribution in [0.5, 0.6) is 0 Å². The standard InChI is InChI=1S/C18H15N3O3S2/c22-17(9-3-8-16-19-12-5-1-2-6-13(12)26-16)23-11-15-20-21-18(24-15)14-7-4-10-25-14/h1-2,4-7,10H,3,8-9,11H2. The first-order valence-corrected chi connectivity index (χ1v) is 9.84. The van der Waals surface area contributed by atoms with Crippen LogP contribution in [0.4, 0.5) is 0 Å². The van der Waals surface area contributed by atoms with Crippen molar-refractivity contribution in [2.45, 2.75) is 25.9 Å². The van der Waals surface area contributed by atoms with E-state index in [1.54, 1.807) is 11.3 Å². The first kappa shape index (κ1) is 16.9. The van der Waals surface area contributed by atoms with E-state index in [4.69, 9.17) is 9.15 Å². The van der Waals surface area contributed by atoms with E-state index in [2.05, 4.69) is 21.2 Å². The second-order valence-electron chi connectivity index (χ2n) is 5.57. The minimum absolute atomic E-state index is 0.00164. The van der Waals surface area contributed by atoms with Gasteiger partial charge in [-0.25, -0.2) is 4.98 Å². The van der Waals surface area contributed by atoms with Gasteiger partial charge in [-0.2, -0.15) is 0 Å². The van der Waals surface area contributed by atoms with Crippen LogP contribution in [-0.4, -0.2) is 21.2 Å². The Labute approximate surface area is 157 Å². The van der Waals surface area contributed by atoms with Gasteiger partial charge in [-0.15, -0.1) is 32.9 Å². The summed E-state index contributed by atoms with van der Waals surface area (Å²) in [6, 6.07) is 11.8. The zero-order valence-electron chi connectivity index (χ0n) is 13.8. The van der Waals surface area contributed by atoms with Gasteiger partial charge in [-0.05, 0) is 36.4 Å². The maximum absolute atomic E-state index is 11.9. The minimum Gasteiger partial charge on any atom is -0.456 e. The number of thiophene rings is 1. The number of thiazole rings is 1. The second kappa shape index (κ2) is 7.76. The van der Waals surface area contributed by atoms with Crippen LogP contribution < -0.4 is 0 Å². The molecule has 6 nitrogen and oxygen atoms in total. The fraction of sp³-hybridized carbons (Fsp3) is 0.222. The van der Waals surface area contributed by atoms with Crippen LogP contribution in [0.2, 0.25) is 0 Å². The Morgan fingerprint density at radius 3 is 2.92 bits per heavy atom. The molecule has 0 bridgehead atoms. The number of rotatable bonds is 7. The molecule has 0 saturated carbocycles. The van der Waals surface area contributed by atoms with Crippen molar-refractivity contribution >= 4 is 38.9 Å². The number of aromatic nitrogens is 3. The molecule has 0 aliphatic rings. The van der Waals surface area contributed by atoms with Gasteiger partial charge in [0.25, 0.3) is 11.8 Å². The Morgan fingerprint density at radius 1 is 1.15 bits per heavy atom. The van der Waals surface area contributed by atoms with E-state index in [0.717, 1.165) is 21.8 Å². The molecule has 4 rings (SSSR count). The Balaban J connectivity index is 1.23. The zero-order chi connectivity index (χ0) is 17.8. The highest BCUT2D eigenvalue weighted by atomic mass is 32.1. The number of ether oxygens (including phenoxy) is 1. The molecule has 0 saturated heterocycles. The molecule has 0 unspecified atom stereocenters. The third kappa shape index (κ3) is 3.97. The number of esters is 1. The SMILES string of the molecule is O=C(CCCc1nc2ccccc2s1)OCc1nnc(-c2cccs2)o1. The summed E-state index contributed by atoms with van der Waals surface area (Å²) in [4.78, 5) is 17.3. The van der Waals surface area contributed by atoms with Gasteiger partial charge in [0.05, 0.1) is 20.1 Å². The molecule has 0 N–H and O–H groups in total.